The summed E-state index contributed by atoms with van der Waals surface area (Å²) in [6.45, 7) is 0. The third-order valence-corrected chi connectivity index (χ3v) is 6.01. The second kappa shape index (κ2) is 10.9. The molecule has 1 N–H and O–H groups in total. The summed E-state index contributed by atoms with van der Waals surface area (Å²) >= 11 is 0. The normalized spacial score (nSPS) is 11.1. The highest BCUT2D eigenvalue weighted by molar-refractivity contribution is 5.92. The number of carbonyl (C=O) groups is 1. The molecule has 5 rings (SSSR count). The van der Waals surface area contributed by atoms with Crippen LogP contribution in [0.2, 0.25) is 0 Å². The molecule has 0 spiro atoms. The van der Waals surface area contributed by atoms with Gasteiger partial charge in [0.05, 0.1) is 30.1 Å². The summed E-state index contributed by atoms with van der Waals surface area (Å²) in [4.78, 5) is 31.0. The summed E-state index contributed by atoms with van der Waals surface area (Å²) in [5, 5.41) is 3.38. The number of anilines is 1. The van der Waals surface area contributed by atoms with Crippen molar-refractivity contribution in [2.45, 2.75) is 6.42 Å². The van der Waals surface area contributed by atoms with Crippen molar-refractivity contribution in [3.63, 3.8) is 0 Å². The number of hydrogen-bond donors (Lipinski definition) is 1. The monoisotopic (exact) mass is 505 g/mol. The third kappa shape index (κ3) is 5.52. The molecule has 188 valence electrons. The number of nitrogens with one attached hydrogen (secondary N) is 1. The van der Waals surface area contributed by atoms with Crippen LogP contribution >= 0.6 is 0 Å². The summed E-state index contributed by atoms with van der Waals surface area (Å²) in [5.41, 5.74) is 3.04. The zero-order chi connectivity index (χ0) is 26.5. The number of nitrogens with zero attached hydrogens (tertiary/aromatic N) is 2. The molecule has 0 saturated heterocycles. The zero-order valence-corrected chi connectivity index (χ0v) is 20.6. The number of methoxy groups -OCH3 is 1. The highest BCUT2D eigenvalue weighted by Gasteiger charge is 2.12. The summed E-state index contributed by atoms with van der Waals surface area (Å²) in [6, 6.07) is 27.5. The Hall–Kier alpha value is -5.04. The SMILES string of the molecule is COc1ccc(CC(=O)Nc2cccc(-n3c(/C=C/c4ccc(F)cc4)nc4ccccc4c3=O)c2)cc1. The lowest BCUT2D eigenvalue weighted by atomic mass is 10.1. The van der Waals surface area contributed by atoms with Gasteiger partial charge in [-0.2, -0.15) is 0 Å². The number of carbonyl (C=O) groups excluding carboxylic acids is 1. The molecule has 0 radical (unpaired) electrons. The Balaban J connectivity index is 1.48. The maximum atomic E-state index is 13.6. The fourth-order valence-electron chi connectivity index (χ4n) is 4.11. The van der Waals surface area contributed by atoms with E-state index >= 15 is 0 Å². The summed E-state index contributed by atoms with van der Waals surface area (Å²) in [7, 11) is 1.59. The van der Waals surface area contributed by atoms with Gasteiger partial charge in [-0.25, -0.2) is 9.37 Å². The second-order valence-corrected chi connectivity index (χ2v) is 8.64. The molecule has 1 amide bonds. The van der Waals surface area contributed by atoms with E-state index in [-0.39, 0.29) is 23.7 Å². The van der Waals surface area contributed by atoms with Gasteiger partial charge in [-0.3, -0.25) is 14.2 Å². The van der Waals surface area contributed by atoms with Gasteiger partial charge in [-0.05, 0) is 71.8 Å². The maximum absolute atomic E-state index is 13.6. The highest BCUT2D eigenvalue weighted by Crippen LogP contribution is 2.19. The average Bonchev–Trinajstić information content (AvgIpc) is 2.93. The number of amides is 1. The molecule has 1 aromatic heterocycles. The van der Waals surface area contributed by atoms with E-state index in [0.29, 0.717) is 28.1 Å². The Labute approximate surface area is 218 Å². The highest BCUT2D eigenvalue weighted by atomic mass is 19.1. The number of rotatable bonds is 7. The molecular weight excluding hydrogens is 481 g/mol. The van der Waals surface area contributed by atoms with Crippen LogP contribution in [0.25, 0.3) is 28.7 Å². The number of hydrogen-bond acceptors (Lipinski definition) is 4. The first-order valence-electron chi connectivity index (χ1n) is 12.0. The van der Waals surface area contributed by atoms with Crippen molar-refractivity contribution in [3.8, 4) is 11.4 Å². The minimum absolute atomic E-state index is 0.187. The van der Waals surface area contributed by atoms with Crippen molar-refractivity contribution >= 4 is 34.6 Å². The summed E-state index contributed by atoms with van der Waals surface area (Å²) in [5.74, 6) is 0.613. The van der Waals surface area contributed by atoms with Crippen molar-refractivity contribution in [1.29, 1.82) is 0 Å². The molecule has 5 aromatic rings. The van der Waals surface area contributed by atoms with Crippen molar-refractivity contribution in [1.82, 2.24) is 9.55 Å². The predicted molar refractivity (Wildman–Crippen MR) is 148 cm³/mol. The quantitative estimate of drug-likeness (QED) is 0.300. The fraction of sp³-hybridized carbons (Fsp3) is 0.0645. The van der Waals surface area contributed by atoms with Gasteiger partial charge in [0.25, 0.3) is 5.56 Å². The molecule has 0 aliphatic carbocycles. The summed E-state index contributed by atoms with van der Waals surface area (Å²) < 4.78 is 20.0. The van der Waals surface area contributed by atoms with Crippen LogP contribution in [0.4, 0.5) is 10.1 Å². The Morgan fingerprint density at radius 2 is 1.71 bits per heavy atom. The van der Waals surface area contributed by atoms with E-state index in [0.717, 1.165) is 16.9 Å². The predicted octanol–water partition coefficient (Wildman–Crippen LogP) is 5.89. The van der Waals surface area contributed by atoms with Crippen LogP contribution in [0.15, 0.2) is 102 Å². The van der Waals surface area contributed by atoms with Crippen molar-refractivity contribution in [2.75, 3.05) is 12.4 Å². The minimum atomic E-state index is -0.325. The van der Waals surface area contributed by atoms with Crippen LogP contribution in [0.5, 0.6) is 5.75 Å². The van der Waals surface area contributed by atoms with E-state index in [1.54, 1.807) is 73.9 Å². The number of aromatic nitrogens is 2. The largest absolute Gasteiger partial charge is 0.497 e. The number of ether oxygens (including phenoxy) is 1. The van der Waals surface area contributed by atoms with E-state index < -0.39 is 0 Å². The Morgan fingerprint density at radius 3 is 2.47 bits per heavy atom. The van der Waals surface area contributed by atoms with Gasteiger partial charge < -0.3 is 10.1 Å². The third-order valence-electron chi connectivity index (χ3n) is 6.01. The van der Waals surface area contributed by atoms with Gasteiger partial charge in [0.1, 0.15) is 17.4 Å². The molecular formula is C31H24FN3O3. The average molecular weight is 506 g/mol. The molecule has 7 heteroatoms. The van der Waals surface area contributed by atoms with Gasteiger partial charge in [-0.1, -0.05) is 48.5 Å². The first-order chi connectivity index (χ1) is 18.5. The van der Waals surface area contributed by atoms with Crippen molar-refractivity contribution in [2.24, 2.45) is 0 Å². The van der Waals surface area contributed by atoms with Crippen LogP contribution in [-0.4, -0.2) is 22.6 Å². The van der Waals surface area contributed by atoms with Crippen LogP contribution in [0, 0.1) is 5.82 Å². The van der Waals surface area contributed by atoms with Gasteiger partial charge in [0, 0.05) is 5.69 Å². The standard InChI is InChI=1S/C31H24FN3O3/c1-38-26-16-11-22(12-17-26)19-30(36)33-24-5-4-6-25(20-24)35-29(18-13-21-9-14-23(32)15-10-21)34-28-8-3-2-7-27(28)31(35)37/h2-18,20H,19H2,1H3,(H,33,36)/b18-13+. The molecule has 0 unspecified atom stereocenters. The van der Waals surface area contributed by atoms with Gasteiger partial charge >= 0.3 is 0 Å². The van der Waals surface area contributed by atoms with Crippen LogP contribution < -0.4 is 15.6 Å². The molecule has 0 aliphatic rings. The van der Waals surface area contributed by atoms with Crippen molar-refractivity contribution < 1.29 is 13.9 Å². The van der Waals surface area contributed by atoms with E-state index in [4.69, 9.17) is 9.72 Å². The van der Waals surface area contributed by atoms with Crippen LogP contribution in [-0.2, 0) is 11.2 Å². The summed E-state index contributed by atoms with van der Waals surface area (Å²) in [6.07, 6.45) is 3.68. The van der Waals surface area contributed by atoms with E-state index in [9.17, 15) is 14.0 Å². The zero-order valence-electron chi connectivity index (χ0n) is 20.6. The molecule has 0 aliphatic heterocycles. The Bertz CT molecular complexity index is 1690. The first-order valence-corrected chi connectivity index (χ1v) is 12.0. The molecule has 0 saturated carbocycles. The number of halogens is 1. The van der Waals surface area contributed by atoms with E-state index in [1.165, 1.54) is 16.7 Å². The molecule has 1 heterocycles. The Morgan fingerprint density at radius 1 is 0.947 bits per heavy atom. The lowest BCUT2D eigenvalue weighted by molar-refractivity contribution is -0.115. The fourth-order valence-corrected chi connectivity index (χ4v) is 4.11. The number of fused-ring (bicyclic) bond motifs is 1. The second-order valence-electron chi connectivity index (χ2n) is 8.64. The van der Waals surface area contributed by atoms with Gasteiger partial charge in [-0.15, -0.1) is 0 Å². The Kier molecular flexibility index (Phi) is 7.08. The lowest BCUT2D eigenvalue weighted by Crippen LogP contribution is -2.22. The lowest BCUT2D eigenvalue weighted by Gasteiger charge is -2.13. The van der Waals surface area contributed by atoms with E-state index in [1.807, 2.05) is 30.3 Å². The van der Waals surface area contributed by atoms with Gasteiger partial charge in [0.15, 0.2) is 0 Å². The molecule has 6 nitrogen and oxygen atoms in total. The molecule has 0 bridgehead atoms. The maximum Gasteiger partial charge on any atom is 0.266 e. The van der Waals surface area contributed by atoms with E-state index in [2.05, 4.69) is 5.32 Å². The molecule has 4 aromatic carbocycles. The van der Waals surface area contributed by atoms with Crippen LogP contribution in [0.3, 0.4) is 0 Å². The molecule has 0 fully saturated rings. The number of para-hydroxylation sites is 1. The number of benzene rings is 4. The minimum Gasteiger partial charge on any atom is -0.497 e. The van der Waals surface area contributed by atoms with Crippen LogP contribution in [0.1, 0.15) is 17.0 Å². The van der Waals surface area contributed by atoms with Crippen molar-refractivity contribution in [3.05, 3.63) is 130 Å². The smallest absolute Gasteiger partial charge is 0.266 e. The molecule has 38 heavy (non-hydrogen) atoms. The molecule has 0 atom stereocenters. The first kappa shape index (κ1) is 24.6. The van der Waals surface area contributed by atoms with Gasteiger partial charge in [0.2, 0.25) is 5.91 Å². The topological polar surface area (TPSA) is 73.2 Å².